The largest absolute Gasteiger partial charge is 0.495 e. The van der Waals surface area contributed by atoms with Gasteiger partial charge in [-0.3, -0.25) is 4.79 Å². The van der Waals surface area contributed by atoms with Crippen LogP contribution in [0.3, 0.4) is 0 Å². The summed E-state index contributed by atoms with van der Waals surface area (Å²) < 4.78 is 5.06. The molecule has 1 rings (SSSR count). The zero-order valence-corrected chi connectivity index (χ0v) is 10.5. The Labute approximate surface area is 101 Å². The predicted octanol–water partition coefficient (Wildman–Crippen LogP) is 2.53. The number of methoxy groups -OCH3 is 1. The average Bonchev–Trinajstić information content (AvgIpc) is 2.26. The minimum atomic E-state index is 0.0312. The molecule has 0 amide bonds. The molecule has 0 bridgehead atoms. The van der Waals surface area contributed by atoms with E-state index < -0.39 is 0 Å². The summed E-state index contributed by atoms with van der Waals surface area (Å²) in [4.78, 5) is 11.8. The Balaban J connectivity index is 2.76. The first kappa shape index (κ1) is 13.0. The topological polar surface area (TPSA) is 38.3 Å². The molecule has 0 aliphatic heterocycles. The van der Waals surface area contributed by atoms with Gasteiger partial charge in [-0.05, 0) is 18.2 Å². The molecule has 0 atom stereocenters. The van der Waals surface area contributed by atoms with E-state index in [1.54, 1.807) is 18.2 Å². The number of ether oxygens (including phenoxy) is 1. The number of rotatable bonds is 5. The smallest absolute Gasteiger partial charge is 0.176 e. The maximum atomic E-state index is 11.8. The molecule has 0 spiro atoms. The lowest BCUT2D eigenvalue weighted by Gasteiger charge is -2.08. The van der Waals surface area contributed by atoms with E-state index >= 15 is 0 Å². The molecular formula is C12H16ClNO2. The second-order valence-corrected chi connectivity index (χ2v) is 4.22. The minimum Gasteiger partial charge on any atom is -0.495 e. The third-order valence-corrected chi connectivity index (χ3v) is 2.46. The first-order chi connectivity index (χ1) is 7.54. The number of Topliss-reactive ketones (excluding diaryl/α,β-unsaturated/α-hetero) is 1. The molecule has 0 radical (unpaired) electrons. The highest BCUT2D eigenvalue weighted by Gasteiger charge is 2.09. The molecule has 4 heteroatoms. The quantitative estimate of drug-likeness (QED) is 0.806. The Bertz CT molecular complexity index is 377. The fourth-order valence-corrected chi connectivity index (χ4v) is 1.43. The Morgan fingerprint density at radius 2 is 2.19 bits per heavy atom. The average molecular weight is 242 g/mol. The van der Waals surface area contributed by atoms with Gasteiger partial charge in [0.2, 0.25) is 0 Å². The Hall–Kier alpha value is -1.06. The summed E-state index contributed by atoms with van der Waals surface area (Å²) in [6.45, 7) is 4.31. The normalized spacial score (nSPS) is 10.6. The van der Waals surface area contributed by atoms with Crippen molar-refractivity contribution in [2.75, 3.05) is 13.7 Å². The van der Waals surface area contributed by atoms with Gasteiger partial charge in [-0.25, -0.2) is 0 Å². The Kier molecular flexibility index (Phi) is 4.77. The molecule has 0 saturated heterocycles. The number of benzene rings is 1. The van der Waals surface area contributed by atoms with Gasteiger partial charge in [-0.2, -0.15) is 0 Å². The van der Waals surface area contributed by atoms with Crippen molar-refractivity contribution in [1.82, 2.24) is 5.32 Å². The third kappa shape index (κ3) is 3.51. The van der Waals surface area contributed by atoms with Crippen molar-refractivity contribution in [3.05, 3.63) is 28.8 Å². The summed E-state index contributed by atoms with van der Waals surface area (Å²) in [6.07, 6.45) is 0. The molecule has 1 aromatic carbocycles. The van der Waals surface area contributed by atoms with E-state index in [1.807, 2.05) is 13.8 Å². The standard InChI is InChI=1S/C12H16ClNO2/c1-8(2)14-7-11(15)9-4-5-10(13)12(6-9)16-3/h4-6,8,14H,7H2,1-3H3. The van der Waals surface area contributed by atoms with Crippen molar-refractivity contribution >= 4 is 17.4 Å². The van der Waals surface area contributed by atoms with Gasteiger partial charge in [-0.1, -0.05) is 25.4 Å². The van der Waals surface area contributed by atoms with Crippen molar-refractivity contribution in [2.45, 2.75) is 19.9 Å². The van der Waals surface area contributed by atoms with Crippen LogP contribution in [-0.2, 0) is 0 Å². The van der Waals surface area contributed by atoms with Crippen LogP contribution in [0.15, 0.2) is 18.2 Å². The Morgan fingerprint density at radius 3 is 2.75 bits per heavy atom. The summed E-state index contributed by atoms with van der Waals surface area (Å²) in [5, 5.41) is 3.58. The first-order valence-electron chi connectivity index (χ1n) is 5.14. The number of ketones is 1. The van der Waals surface area contributed by atoms with Crippen molar-refractivity contribution in [3.63, 3.8) is 0 Å². The monoisotopic (exact) mass is 241 g/mol. The van der Waals surface area contributed by atoms with Gasteiger partial charge in [0.05, 0.1) is 18.7 Å². The SMILES string of the molecule is COc1cc(C(=O)CNC(C)C)ccc1Cl. The van der Waals surface area contributed by atoms with Crippen LogP contribution in [0.2, 0.25) is 5.02 Å². The fraction of sp³-hybridized carbons (Fsp3) is 0.417. The lowest BCUT2D eigenvalue weighted by molar-refractivity contribution is 0.0988. The molecule has 0 unspecified atom stereocenters. The number of hydrogen-bond acceptors (Lipinski definition) is 3. The summed E-state index contributed by atoms with van der Waals surface area (Å²) in [6, 6.07) is 5.32. The molecule has 0 aliphatic rings. The lowest BCUT2D eigenvalue weighted by Crippen LogP contribution is -2.29. The second kappa shape index (κ2) is 5.87. The van der Waals surface area contributed by atoms with Gasteiger partial charge in [0, 0.05) is 11.6 Å². The lowest BCUT2D eigenvalue weighted by atomic mass is 10.1. The summed E-state index contributed by atoms with van der Waals surface area (Å²) in [7, 11) is 1.53. The van der Waals surface area contributed by atoms with Crippen LogP contribution in [0, 0.1) is 0 Å². The van der Waals surface area contributed by atoms with Gasteiger partial charge in [0.25, 0.3) is 0 Å². The maximum Gasteiger partial charge on any atom is 0.176 e. The molecule has 0 saturated carbocycles. The zero-order valence-electron chi connectivity index (χ0n) is 9.71. The van der Waals surface area contributed by atoms with Crippen LogP contribution < -0.4 is 10.1 Å². The number of carbonyl (C=O) groups is 1. The van der Waals surface area contributed by atoms with Crippen molar-refractivity contribution in [3.8, 4) is 5.75 Å². The first-order valence-corrected chi connectivity index (χ1v) is 5.52. The van der Waals surface area contributed by atoms with E-state index in [2.05, 4.69) is 5.32 Å². The fourth-order valence-electron chi connectivity index (χ4n) is 1.23. The van der Waals surface area contributed by atoms with Crippen LogP contribution in [0.4, 0.5) is 0 Å². The van der Waals surface area contributed by atoms with Crippen molar-refractivity contribution in [2.24, 2.45) is 0 Å². The highest BCUT2D eigenvalue weighted by molar-refractivity contribution is 6.32. The van der Waals surface area contributed by atoms with E-state index in [0.29, 0.717) is 22.9 Å². The van der Waals surface area contributed by atoms with Crippen LogP contribution in [0.5, 0.6) is 5.75 Å². The second-order valence-electron chi connectivity index (χ2n) is 3.81. The zero-order chi connectivity index (χ0) is 12.1. The molecule has 1 aromatic rings. The molecule has 16 heavy (non-hydrogen) atoms. The summed E-state index contributed by atoms with van der Waals surface area (Å²) >= 11 is 5.88. The highest BCUT2D eigenvalue weighted by atomic mass is 35.5. The number of nitrogens with one attached hydrogen (secondary N) is 1. The molecular weight excluding hydrogens is 226 g/mol. The van der Waals surface area contributed by atoms with Crippen LogP contribution in [-0.4, -0.2) is 25.5 Å². The predicted molar refractivity (Wildman–Crippen MR) is 65.5 cm³/mol. The van der Waals surface area contributed by atoms with Crippen LogP contribution in [0.1, 0.15) is 24.2 Å². The van der Waals surface area contributed by atoms with E-state index in [1.165, 1.54) is 7.11 Å². The van der Waals surface area contributed by atoms with E-state index in [4.69, 9.17) is 16.3 Å². The van der Waals surface area contributed by atoms with Crippen LogP contribution in [0.25, 0.3) is 0 Å². The third-order valence-electron chi connectivity index (χ3n) is 2.14. The highest BCUT2D eigenvalue weighted by Crippen LogP contribution is 2.25. The molecule has 0 aromatic heterocycles. The van der Waals surface area contributed by atoms with Gasteiger partial charge >= 0.3 is 0 Å². The Morgan fingerprint density at radius 1 is 1.50 bits per heavy atom. The van der Waals surface area contributed by atoms with Crippen molar-refractivity contribution in [1.29, 1.82) is 0 Å². The van der Waals surface area contributed by atoms with E-state index in [-0.39, 0.29) is 11.8 Å². The van der Waals surface area contributed by atoms with Crippen LogP contribution >= 0.6 is 11.6 Å². The molecule has 0 fully saturated rings. The summed E-state index contributed by atoms with van der Waals surface area (Å²) in [5.41, 5.74) is 0.606. The van der Waals surface area contributed by atoms with E-state index in [9.17, 15) is 4.79 Å². The molecule has 0 aliphatic carbocycles. The molecule has 3 nitrogen and oxygen atoms in total. The van der Waals surface area contributed by atoms with Gasteiger partial charge in [0.15, 0.2) is 5.78 Å². The minimum absolute atomic E-state index is 0.0312. The van der Waals surface area contributed by atoms with E-state index in [0.717, 1.165) is 0 Å². The molecule has 88 valence electrons. The molecule has 1 N–H and O–H groups in total. The van der Waals surface area contributed by atoms with Gasteiger partial charge < -0.3 is 10.1 Å². The maximum absolute atomic E-state index is 11.8. The van der Waals surface area contributed by atoms with Crippen molar-refractivity contribution < 1.29 is 9.53 Å². The van der Waals surface area contributed by atoms with Gasteiger partial charge in [0.1, 0.15) is 5.75 Å². The number of halogens is 1. The summed E-state index contributed by atoms with van der Waals surface area (Å²) in [5.74, 6) is 0.556. The molecule has 0 heterocycles. The number of hydrogen-bond donors (Lipinski definition) is 1. The van der Waals surface area contributed by atoms with Gasteiger partial charge in [-0.15, -0.1) is 0 Å². The number of carbonyl (C=O) groups excluding carboxylic acids is 1.